The maximum atomic E-state index is 13.5. The molecule has 2 rings (SSSR count). The number of alkyl halides is 3. The molecule has 0 radical (unpaired) electrons. The second kappa shape index (κ2) is 8.09. The highest BCUT2D eigenvalue weighted by molar-refractivity contribution is 8.02. The van der Waals surface area contributed by atoms with E-state index >= 15 is 0 Å². The summed E-state index contributed by atoms with van der Waals surface area (Å²) in [7, 11) is 0. The van der Waals surface area contributed by atoms with Crippen molar-refractivity contribution in [1.82, 2.24) is 4.98 Å². The third kappa shape index (κ3) is 4.98. The fourth-order valence-corrected chi connectivity index (χ4v) is 2.69. The van der Waals surface area contributed by atoms with Crippen LogP contribution in [0.4, 0.5) is 23.2 Å². The number of rotatable bonds is 5. The molecule has 0 amide bonds. The number of hydrogen-bond donors (Lipinski definition) is 1. The van der Waals surface area contributed by atoms with Gasteiger partial charge in [-0.2, -0.15) is 13.2 Å². The summed E-state index contributed by atoms with van der Waals surface area (Å²) in [4.78, 5) is 16.3. The fourth-order valence-electron chi connectivity index (χ4n) is 2.09. The lowest BCUT2D eigenvalue weighted by Crippen LogP contribution is -2.08. The Morgan fingerprint density at radius 3 is 2.62 bits per heavy atom. The molecule has 0 aliphatic heterocycles. The summed E-state index contributed by atoms with van der Waals surface area (Å²) in [6, 6.07) is 3.58. The monoisotopic (exact) mass is 404 g/mol. The molecule has 138 valence electrons. The third-order valence-electron chi connectivity index (χ3n) is 3.38. The van der Waals surface area contributed by atoms with Crippen molar-refractivity contribution in [2.24, 2.45) is 0 Å². The minimum atomic E-state index is -4.68. The molecule has 0 atom stereocenters. The van der Waals surface area contributed by atoms with Gasteiger partial charge in [0, 0.05) is 23.5 Å². The molecule has 0 spiro atoms. The average molecular weight is 405 g/mol. The predicted molar refractivity (Wildman–Crippen MR) is 94.9 cm³/mol. The van der Waals surface area contributed by atoms with Crippen LogP contribution in [0.25, 0.3) is 0 Å². The summed E-state index contributed by atoms with van der Waals surface area (Å²) in [5.41, 5.74) is -0.437. The maximum Gasteiger partial charge on any atom is 0.416 e. The van der Waals surface area contributed by atoms with E-state index in [1.54, 1.807) is 13.2 Å². The van der Waals surface area contributed by atoms with Crippen LogP contribution in [0.15, 0.2) is 41.6 Å². The topological polar surface area (TPSA) is 42.0 Å². The molecule has 26 heavy (non-hydrogen) atoms. The van der Waals surface area contributed by atoms with E-state index in [0.717, 1.165) is 23.9 Å². The van der Waals surface area contributed by atoms with Crippen molar-refractivity contribution in [3.8, 4) is 0 Å². The number of benzene rings is 1. The number of hydrogen-bond acceptors (Lipinski definition) is 4. The minimum absolute atomic E-state index is 0.116. The molecule has 1 N–H and O–H groups in total. The van der Waals surface area contributed by atoms with Crippen molar-refractivity contribution in [3.63, 3.8) is 0 Å². The predicted octanol–water partition coefficient (Wildman–Crippen LogP) is 5.70. The van der Waals surface area contributed by atoms with E-state index in [-0.39, 0.29) is 15.9 Å². The van der Waals surface area contributed by atoms with Crippen molar-refractivity contribution in [3.05, 3.63) is 69.2 Å². The van der Waals surface area contributed by atoms with Gasteiger partial charge >= 0.3 is 6.18 Å². The summed E-state index contributed by atoms with van der Waals surface area (Å²) in [5.74, 6) is -1.44. The van der Waals surface area contributed by atoms with Gasteiger partial charge in [0.1, 0.15) is 11.0 Å². The molecule has 1 aromatic heterocycles. The van der Waals surface area contributed by atoms with Crippen LogP contribution < -0.4 is 5.32 Å². The van der Waals surface area contributed by atoms with Crippen LogP contribution in [0.1, 0.15) is 21.5 Å². The lowest BCUT2D eigenvalue weighted by atomic mass is 10.1. The summed E-state index contributed by atoms with van der Waals surface area (Å²) in [5, 5.41) is 3.07. The van der Waals surface area contributed by atoms with Crippen LogP contribution in [0, 0.1) is 12.7 Å². The molecule has 0 unspecified atom stereocenters. The van der Waals surface area contributed by atoms with Crippen LogP contribution in [0.5, 0.6) is 0 Å². The summed E-state index contributed by atoms with van der Waals surface area (Å²) < 4.78 is 51.9. The van der Waals surface area contributed by atoms with E-state index in [2.05, 4.69) is 10.3 Å². The number of nitrogens with one attached hydrogen (secondary N) is 1. The van der Waals surface area contributed by atoms with Gasteiger partial charge in [0.05, 0.1) is 10.6 Å². The molecule has 2 aromatic rings. The number of ketones is 1. The number of anilines is 1. The van der Waals surface area contributed by atoms with Gasteiger partial charge in [-0.05, 0) is 43.0 Å². The van der Waals surface area contributed by atoms with Crippen LogP contribution in [0.3, 0.4) is 0 Å². The van der Waals surface area contributed by atoms with Gasteiger partial charge in [-0.25, -0.2) is 9.37 Å². The van der Waals surface area contributed by atoms with Gasteiger partial charge in [-0.1, -0.05) is 11.6 Å². The number of carbonyl (C=O) groups is 1. The molecular weight excluding hydrogens is 392 g/mol. The zero-order valence-electron chi connectivity index (χ0n) is 13.6. The van der Waals surface area contributed by atoms with Crippen LogP contribution in [-0.4, -0.2) is 17.0 Å². The Bertz CT molecular complexity index is 868. The first-order chi connectivity index (χ1) is 12.1. The Labute approximate surface area is 156 Å². The van der Waals surface area contributed by atoms with Crippen LogP contribution in [-0.2, 0) is 6.18 Å². The molecule has 1 aromatic carbocycles. The van der Waals surface area contributed by atoms with Crippen molar-refractivity contribution < 1.29 is 22.4 Å². The molecule has 0 saturated carbocycles. The fraction of sp³-hybridized carbons (Fsp3) is 0.176. The van der Waals surface area contributed by atoms with Gasteiger partial charge in [0.15, 0.2) is 5.78 Å². The molecule has 0 fully saturated rings. The quantitative estimate of drug-likeness (QED) is 0.300. The number of allylic oxidation sites excluding steroid dienone is 1. The first kappa shape index (κ1) is 20.3. The molecular formula is C17H13ClF4N2OS. The highest BCUT2D eigenvalue weighted by atomic mass is 35.5. The molecule has 0 bridgehead atoms. The first-order valence-corrected chi connectivity index (χ1v) is 8.78. The van der Waals surface area contributed by atoms with E-state index in [4.69, 9.17) is 11.6 Å². The van der Waals surface area contributed by atoms with Gasteiger partial charge in [0.2, 0.25) is 0 Å². The van der Waals surface area contributed by atoms with E-state index in [1.807, 2.05) is 0 Å². The zero-order valence-corrected chi connectivity index (χ0v) is 15.2. The number of nitrogens with zero attached hydrogens (tertiary/aromatic N) is 1. The SMILES string of the molecule is CS/C(=C/C(=O)c1ccnc(Cl)c1C)Nc1cc(F)cc(C(F)(F)F)c1. The highest BCUT2D eigenvalue weighted by Gasteiger charge is 2.31. The number of carbonyl (C=O) groups excluding carboxylic acids is 1. The maximum absolute atomic E-state index is 13.5. The van der Waals surface area contributed by atoms with E-state index in [0.29, 0.717) is 17.2 Å². The minimum Gasteiger partial charge on any atom is -0.350 e. The molecule has 0 aliphatic rings. The summed E-state index contributed by atoms with van der Waals surface area (Å²) >= 11 is 6.98. The van der Waals surface area contributed by atoms with Crippen molar-refractivity contribution in [2.45, 2.75) is 13.1 Å². The highest BCUT2D eigenvalue weighted by Crippen LogP contribution is 2.32. The Kier molecular flexibility index (Phi) is 6.30. The lowest BCUT2D eigenvalue weighted by molar-refractivity contribution is -0.137. The van der Waals surface area contributed by atoms with Crippen LogP contribution >= 0.6 is 23.4 Å². The van der Waals surface area contributed by atoms with Crippen molar-refractivity contribution >= 4 is 34.8 Å². The Balaban J connectivity index is 2.32. The normalized spacial score (nSPS) is 12.2. The zero-order chi connectivity index (χ0) is 19.5. The summed E-state index contributed by atoms with van der Waals surface area (Å²) in [6.45, 7) is 1.63. The van der Waals surface area contributed by atoms with E-state index in [9.17, 15) is 22.4 Å². The second-order valence-corrected chi connectivity index (χ2v) is 6.41. The molecule has 0 aliphatic carbocycles. The third-order valence-corrected chi connectivity index (χ3v) is 4.42. The van der Waals surface area contributed by atoms with Crippen molar-refractivity contribution in [1.29, 1.82) is 0 Å². The average Bonchev–Trinajstić information content (AvgIpc) is 2.55. The Morgan fingerprint density at radius 2 is 2.00 bits per heavy atom. The van der Waals surface area contributed by atoms with Crippen LogP contribution in [0.2, 0.25) is 5.15 Å². The lowest BCUT2D eigenvalue weighted by Gasteiger charge is -2.12. The molecule has 9 heteroatoms. The van der Waals surface area contributed by atoms with Crippen molar-refractivity contribution in [2.75, 3.05) is 11.6 Å². The number of halogens is 5. The number of aromatic nitrogens is 1. The molecule has 3 nitrogen and oxygen atoms in total. The largest absolute Gasteiger partial charge is 0.416 e. The number of pyridine rings is 1. The standard InChI is InChI=1S/C17H13ClF4N2OS/c1-9-13(3-4-23-16(9)18)14(25)8-15(26-2)24-12-6-10(17(20,21)22)5-11(19)7-12/h3-8,24H,1-2H3/b15-8+. The van der Waals surface area contributed by atoms with Gasteiger partial charge in [-0.3, -0.25) is 4.79 Å². The van der Waals surface area contributed by atoms with Gasteiger partial charge in [-0.15, -0.1) is 11.8 Å². The molecule has 0 saturated heterocycles. The Morgan fingerprint density at radius 1 is 1.31 bits per heavy atom. The van der Waals surface area contributed by atoms with E-state index < -0.39 is 23.3 Å². The van der Waals surface area contributed by atoms with E-state index in [1.165, 1.54) is 18.3 Å². The smallest absolute Gasteiger partial charge is 0.350 e. The second-order valence-electron chi connectivity index (χ2n) is 5.20. The van der Waals surface area contributed by atoms with Gasteiger partial charge < -0.3 is 5.32 Å². The molecule has 1 heterocycles. The number of thioether (sulfide) groups is 1. The Hall–Kier alpha value is -2.06. The first-order valence-electron chi connectivity index (χ1n) is 7.17. The van der Waals surface area contributed by atoms with Gasteiger partial charge in [0.25, 0.3) is 0 Å². The summed E-state index contributed by atoms with van der Waals surface area (Å²) in [6.07, 6.45) is -0.461.